The summed E-state index contributed by atoms with van der Waals surface area (Å²) in [6.07, 6.45) is 7.67. The van der Waals surface area contributed by atoms with Crippen LogP contribution >= 0.6 is 0 Å². The highest BCUT2D eigenvalue weighted by Gasteiger charge is 2.11. The minimum absolute atomic E-state index is 0.308. The molecule has 1 fully saturated rings. The first kappa shape index (κ1) is 19.7. The molecule has 0 bridgehead atoms. The van der Waals surface area contributed by atoms with Crippen LogP contribution in [0.1, 0.15) is 29.5 Å². The number of halogens is 1. The van der Waals surface area contributed by atoms with Gasteiger partial charge < -0.3 is 10.0 Å². The molecule has 30 heavy (non-hydrogen) atoms. The van der Waals surface area contributed by atoms with E-state index in [0.29, 0.717) is 11.1 Å². The molecule has 0 unspecified atom stereocenters. The molecule has 5 heteroatoms. The van der Waals surface area contributed by atoms with Crippen LogP contribution in [0.2, 0.25) is 0 Å². The van der Waals surface area contributed by atoms with Crippen molar-refractivity contribution >= 4 is 29.7 Å². The Morgan fingerprint density at radius 2 is 1.60 bits per heavy atom. The van der Waals surface area contributed by atoms with Crippen molar-refractivity contribution in [2.24, 2.45) is 5.10 Å². The zero-order chi connectivity index (χ0) is 20.8. The van der Waals surface area contributed by atoms with Crippen molar-refractivity contribution < 1.29 is 9.50 Å². The fraction of sp³-hybridized carbons (Fsp3) is 0.160. The lowest BCUT2D eigenvalue weighted by molar-refractivity contribution is 0.431. The molecular weight excluding hydrogens is 377 g/mol. The summed E-state index contributed by atoms with van der Waals surface area (Å²) in [5, 5.41) is 14.1. The molecule has 0 radical (unpaired) electrons. The van der Waals surface area contributed by atoms with Crippen molar-refractivity contribution in [2.75, 3.05) is 23.4 Å². The molecule has 1 aliphatic rings. The number of phenols is 1. The van der Waals surface area contributed by atoms with Gasteiger partial charge in [-0.25, -0.2) is 4.39 Å². The van der Waals surface area contributed by atoms with E-state index in [9.17, 15) is 9.50 Å². The third-order valence-electron chi connectivity index (χ3n) is 5.12. The minimum atomic E-state index is -0.678. The lowest BCUT2D eigenvalue weighted by Crippen LogP contribution is -2.17. The van der Waals surface area contributed by atoms with Gasteiger partial charge >= 0.3 is 0 Å². The van der Waals surface area contributed by atoms with Crippen LogP contribution in [0.4, 0.5) is 15.8 Å². The molecule has 4 rings (SSSR count). The standard InChI is InChI=1S/C25H24FN3O/c26-24-17-20(9-8-19-10-12-23(13-11-19)29-14-4-5-15-29)16-21(25(24)30)18-27-28-22-6-2-1-3-7-22/h1-3,6-13,16-18,28,30H,4-5,14-15H2/b9-8+,27-18+. The second-order valence-corrected chi connectivity index (χ2v) is 7.30. The Hall–Kier alpha value is -3.60. The lowest BCUT2D eigenvalue weighted by Gasteiger charge is -2.17. The van der Waals surface area contributed by atoms with Crippen LogP contribution < -0.4 is 10.3 Å². The van der Waals surface area contributed by atoms with Gasteiger partial charge in [-0.2, -0.15) is 5.10 Å². The molecule has 2 N–H and O–H groups in total. The highest BCUT2D eigenvalue weighted by atomic mass is 19.1. The average molecular weight is 401 g/mol. The molecule has 152 valence electrons. The smallest absolute Gasteiger partial charge is 0.166 e. The van der Waals surface area contributed by atoms with Gasteiger partial charge in [0.15, 0.2) is 11.6 Å². The van der Waals surface area contributed by atoms with E-state index in [1.165, 1.54) is 30.8 Å². The van der Waals surface area contributed by atoms with Crippen LogP contribution in [0.5, 0.6) is 5.75 Å². The molecule has 3 aromatic carbocycles. The monoisotopic (exact) mass is 401 g/mol. The number of hydrogen-bond donors (Lipinski definition) is 2. The maximum absolute atomic E-state index is 14.2. The summed E-state index contributed by atoms with van der Waals surface area (Å²) >= 11 is 0. The first-order valence-corrected chi connectivity index (χ1v) is 10.1. The minimum Gasteiger partial charge on any atom is -0.504 e. The number of para-hydroxylation sites is 1. The number of nitrogens with one attached hydrogen (secondary N) is 1. The van der Waals surface area contributed by atoms with Gasteiger partial charge in [0.25, 0.3) is 0 Å². The molecule has 1 saturated heterocycles. The molecule has 0 aromatic heterocycles. The number of hydrogen-bond acceptors (Lipinski definition) is 4. The molecule has 0 spiro atoms. The first-order chi connectivity index (χ1) is 14.7. The maximum atomic E-state index is 14.2. The number of benzene rings is 3. The molecule has 0 aliphatic carbocycles. The van der Waals surface area contributed by atoms with Gasteiger partial charge in [0.1, 0.15) is 0 Å². The normalized spacial score (nSPS) is 14.1. The Balaban J connectivity index is 1.47. The van der Waals surface area contributed by atoms with Crippen LogP contribution in [0.15, 0.2) is 71.8 Å². The summed E-state index contributed by atoms with van der Waals surface area (Å²) in [7, 11) is 0. The predicted octanol–water partition coefficient (Wildman–Crippen LogP) is 5.75. The molecule has 4 nitrogen and oxygen atoms in total. The SMILES string of the molecule is Oc1c(F)cc(/C=C/c2ccc(N3CCCC3)cc2)cc1/C=N/Nc1ccccc1. The second kappa shape index (κ2) is 9.27. The van der Waals surface area contributed by atoms with Gasteiger partial charge in [0, 0.05) is 24.3 Å². The molecule has 0 atom stereocenters. The van der Waals surface area contributed by atoms with Crippen molar-refractivity contribution in [1.82, 2.24) is 0 Å². The van der Waals surface area contributed by atoms with E-state index in [1.807, 2.05) is 42.5 Å². The third-order valence-corrected chi connectivity index (χ3v) is 5.12. The first-order valence-electron chi connectivity index (χ1n) is 10.1. The van der Waals surface area contributed by atoms with Crippen LogP contribution in [0.25, 0.3) is 12.2 Å². The predicted molar refractivity (Wildman–Crippen MR) is 123 cm³/mol. The van der Waals surface area contributed by atoms with E-state index in [1.54, 1.807) is 6.07 Å². The Bertz CT molecular complexity index is 1040. The number of anilines is 2. The van der Waals surface area contributed by atoms with E-state index < -0.39 is 11.6 Å². The van der Waals surface area contributed by atoms with Gasteiger partial charge in [-0.15, -0.1) is 0 Å². The number of aromatic hydroxyl groups is 1. The summed E-state index contributed by atoms with van der Waals surface area (Å²) < 4.78 is 14.2. The van der Waals surface area contributed by atoms with Crippen molar-refractivity contribution in [2.45, 2.75) is 12.8 Å². The van der Waals surface area contributed by atoms with Crippen molar-refractivity contribution in [1.29, 1.82) is 0 Å². The summed E-state index contributed by atoms with van der Waals surface area (Å²) in [5.74, 6) is -1.09. The van der Waals surface area contributed by atoms with Crippen LogP contribution in [0.3, 0.4) is 0 Å². The molecule has 1 aliphatic heterocycles. The quantitative estimate of drug-likeness (QED) is 0.314. The highest BCUT2D eigenvalue weighted by molar-refractivity contribution is 5.86. The van der Waals surface area contributed by atoms with Gasteiger partial charge in [0.05, 0.1) is 11.9 Å². The fourth-order valence-electron chi connectivity index (χ4n) is 3.49. The van der Waals surface area contributed by atoms with Gasteiger partial charge in [-0.3, -0.25) is 5.43 Å². The maximum Gasteiger partial charge on any atom is 0.166 e. The Morgan fingerprint density at radius 3 is 2.33 bits per heavy atom. The largest absolute Gasteiger partial charge is 0.504 e. The summed E-state index contributed by atoms with van der Waals surface area (Å²) in [5.41, 5.74) is 6.90. The van der Waals surface area contributed by atoms with E-state index >= 15 is 0 Å². The Labute approximate surface area is 176 Å². The molecule has 1 heterocycles. The number of rotatable bonds is 6. The van der Waals surface area contributed by atoms with Crippen molar-refractivity contribution in [3.05, 3.63) is 89.2 Å². The number of phenolic OH excluding ortho intramolecular Hbond substituents is 1. The topological polar surface area (TPSA) is 47.9 Å². The van der Waals surface area contributed by atoms with E-state index in [0.717, 1.165) is 24.3 Å². The molecule has 3 aromatic rings. The number of hydrazone groups is 1. The average Bonchev–Trinajstić information content (AvgIpc) is 3.31. The molecule has 0 saturated carbocycles. The summed E-state index contributed by atoms with van der Waals surface area (Å²) in [4.78, 5) is 2.39. The van der Waals surface area contributed by atoms with Gasteiger partial charge in [-0.1, -0.05) is 42.5 Å². The van der Waals surface area contributed by atoms with E-state index in [2.05, 4.69) is 39.7 Å². The highest BCUT2D eigenvalue weighted by Crippen LogP contribution is 2.24. The summed E-state index contributed by atoms with van der Waals surface area (Å²) in [6.45, 7) is 2.23. The van der Waals surface area contributed by atoms with Crippen LogP contribution in [-0.2, 0) is 0 Å². The van der Waals surface area contributed by atoms with Gasteiger partial charge in [-0.05, 0) is 60.4 Å². The molecule has 0 amide bonds. The van der Waals surface area contributed by atoms with E-state index in [-0.39, 0.29) is 0 Å². The number of nitrogens with zero attached hydrogens (tertiary/aromatic N) is 2. The third kappa shape index (κ3) is 4.87. The van der Waals surface area contributed by atoms with Gasteiger partial charge in [0.2, 0.25) is 0 Å². The van der Waals surface area contributed by atoms with E-state index in [4.69, 9.17) is 0 Å². The Morgan fingerprint density at radius 1 is 0.900 bits per heavy atom. The van der Waals surface area contributed by atoms with Crippen LogP contribution in [-0.4, -0.2) is 24.4 Å². The zero-order valence-electron chi connectivity index (χ0n) is 16.6. The lowest BCUT2D eigenvalue weighted by atomic mass is 10.1. The molecular formula is C25H24FN3O. The van der Waals surface area contributed by atoms with Crippen molar-refractivity contribution in [3.8, 4) is 5.75 Å². The summed E-state index contributed by atoms with van der Waals surface area (Å²) in [6, 6.07) is 20.8. The Kier molecular flexibility index (Phi) is 6.09. The fourth-order valence-corrected chi connectivity index (χ4v) is 3.49. The second-order valence-electron chi connectivity index (χ2n) is 7.30. The zero-order valence-corrected chi connectivity index (χ0v) is 16.6. The van der Waals surface area contributed by atoms with Crippen molar-refractivity contribution in [3.63, 3.8) is 0 Å². The van der Waals surface area contributed by atoms with Crippen LogP contribution in [0, 0.1) is 5.82 Å².